The van der Waals surface area contributed by atoms with Gasteiger partial charge in [-0.25, -0.2) is 14.0 Å². The standard InChI is InChI=1S/C15H16ClFN2O3/c1-4-22-14(20)11-8(2)19(3)15(21)18-13(11)12-9(16)6-5-7-10(12)17/h5-7,13H,4H2,1-3H3,(H,18,21). The molecule has 1 aliphatic rings. The molecule has 1 heterocycles. The van der Waals surface area contributed by atoms with Crippen LogP contribution < -0.4 is 5.32 Å². The predicted octanol–water partition coefficient (Wildman–Crippen LogP) is 3.01. The molecule has 7 heteroatoms. The van der Waals surface area contributed by atoms with Gasteiger partial charge in [-0.05, 0) is 26.0 Å². The van der Waals surface area contributed by atoms with Crippen molar-refractivity contribution in [3.63, 3.8) is 0 Å². The third kappa shape index (κ3) is 2.78. The van der Waals surface area contributed by atoms with E-state index in [1.54, 1.807) is 13.8 Å². The predicted molar refractivity (Wildman–Crippen MR) is 79.8 cm³/mol. The molecule has 1 aromatic rings. The molecule has 0 aromatic heterocycles. The van der Waals surface area contributed by atoms with E-state index in [2.05, 4.69) is 5.32 Å². The first-order chi connectivity index (χ1) is 10.4. The van der Waals surface area contributed by atoms with Crippen LogP contribution in [-0.2, 0) is 9.53 Å². The van der Waals surface area contributed by atoms with Crippen LogP contribution in [-0.4, -0.2) is 30.6 Å². The van der Waals surface area contributed by atoms with Crippen molar-refractivity contribution in [2.45, 2.75) is 19.9 Å². The summed E-state index contributed by atoms with van der Waals surface area (Å²) in [6, 6.07) is 2.75. The van der Waals surface area contributed by atoms with Crippen LogP contribution in [0.4, 0.5) is 9.18 Å². The molecule has 0 radical (unpaired) electrons. The Morgan fingerprint density at radius 3 is 2.77 bits per heavy atom. The summed E-state index contributed by atoms with van der Waals surface area (Å²) < 4.78 is 19.2. The molecule has 2 amide bonds. The summed E-state index contributed by atoms with van der Waals surface area (Å²) in [7, 11) is 1.52. The second-order valence-electron chi connectivity index (χ2n) is 4.80. The number of carbonyl (C=O) groups is 2. The van der Waals surface area contributed by atoms with E-state index in [9.17, 15) is 14.0 Å². The number of rotatable bonds is 3. The van der Waals surface area contributed by atoms with Gasteiger partial charge in [0.25, 0.3) is 0 Å². The minimum Gasteiger partial charge on any atom is -0.463 e. The molecule has 0 spiro atoms. The molecule has 0 aliphatic carbocycles. The van der Waals surface area contributed by atoms with Crippen LogP contribution in [0.1, 0.15) is 25.5 Å². The van der Waals surface area contributed by atoms with Crippen LogP contribution in [0.25, 0.3) is 0 Å². The van der Waals surface area contributed by atoms with E-state index in [0.717, 1.165) is 0 Å². The average molecular weight is 327 g/mol. The van der Waals surface area contributed by atoms with Crippen molar-refractivity contribution in [3.8, 4) is 0 Å². The zero-order valence-electron chi connectivity index (χ0n) is 12.4. The van der Waals surface area contributed by atoms with E-state index in [1.807, 2.05) is 0 Å². The summed E-state index contributed by atoms with van der Waals surface area (Å²) in [4.78, 5) is 25.5. The maximum Gasteiger partial charge on any atom is 0.338 e. The molecule has 0 fully saturated rings. The summed E-state index contributed by atoms with van der Waals surface area (Å²) in [6.45, 7) is 3.45. The number of esters is 1. The summed E-state index contributed by atoms with van der Waals surface area (Å²) in [5, 5.41) is 2.72. The van der Waals surface area contributed by atoms with E-state index in [1.165, 1.54) is 30.1 Å². The number of amides is 2. The lowest BCUT2D eigenvalue weighted by Crippen LogP contribution is -2.46. The highest BCUT2D eigenvalue weighted by Gasteiger charge is 2.37. The third-order valence-electron chi connectivity index (χ3n) is 3.54. The van der Waals surface area contributed by atoms with Gasteiger partial charge in [-0.1, -0.05) is 17.7 Å². The highest BCUT2D eigenvalue weighted by atomic mass is 35.5. The zero-order chi connectivity index (χ0) is 16.4. The first kappa shape index (κ1) is 16.3. The first-order valence-electron chi connectivity index (χ1n) is 6.74. The third-order valence-corrected chi connectivity index (χ3v) is 3.87. The average Bonchev–Trinajstić information content (AvgIpc) is 2.45. The van der Waals surface area contributed by atoms with E-state index < -0.39 is 23.9 Å². The Morgan fingerprint density at radius 2 is 2.18 bits per heavy atom. The molecular formula is C15H16ClFN2O3. The lowest BCUT2D eigenvalue weighted by atomic mass is 9.94. The summed E-state index contributed by atoms with van der Waals surface area (Å²) >= 11 is 6.06. The Bertz CT molecular complexity index is 640. The van der Waals surface area contributed by atoms with Crippen molar-refractivity contribution >= 4 is 23.6 Å². The highest BCUT2D eigenvalue weighted by molar-refractivity contribution is 6.31. The number of benzene rings is 1. The SMILES string of the molecule is CCOC(=O)C1=C(C)N(C)C(=O)NC1c1c(F)cccc1Cl. The van der Waals surface area contributed by atoms with Gasteiger partial charge in [0, 0.05) is 23.3 Å². The van der Waals surface area contributed by atoms with Gasteiger partial charge in [0.2, 0.25) is 0 Å². The fourth-order valence-electron chi connectivity index (χ4n) is 2.31. The zero-order valence-corrected chi connectivity index (χ0v) is 13.2. The summed E-state index contributed by atoms with van der Waals surface area (Å²) in [5.41, 5.74) is 0.607. The topological polar surface area (TPSA) is 58.6 Å². The quantitative estimate of drug-likeness (QED) is 0.869. The van der Waals surface area contributed by atoms with Crippen molar-refractivity contribution in [1.82, 2.24) is 10.2 Å². The lowest BCUT2D eigenvalue weighted by molar-refractivity contribution is -0.139. The van der Waals surface area contributed by atoms with Gasteiger partial charge in [0.15, 0.2) is 0 Å². The summed E-state index contributed by atoms with van der Waals surface area (Å²) in [6.07, 6.45) is 0. The van der Waals surface area contributed by atoms with Gasteiger partial charge in [0.1, 0.15) is 5.82 Å². The smallest absolute Gasteiger partial charge is 0.338 e. The van der Waals surface area contributed by atoms with Crippen molar-refractivity contribution in [2.24, 2.45) is 0 Å². The van der Waals surface area contributed by atoms with Crippen LogP contribution in [0.15, 0.2) is 29.5 Å². The molecule has 1 atom stereocenters. The van der Waals surface area contributed by atoms with E-state index in [0.29, 0.717) is 5.70 Å². The van der Waals surface area contributed by atoms with E-state index in [4.69, 9.17) is 16.3 Å². The van der Waals surface area contributed by atoms with Crippen LogP contribution in [0.5, 0.6) is 0 Å². The Morgan fingerprint density at radius 1 is 1.50 bits per heavy atom. The molecule has 0 saturated carbocycles. The second-order valence-corrected chi connectivity index (χ2v) is 5.20. The number of urea groups is 1. The molecule has 1 aliphatic heterocycles. The van der Waals surface area contributed by atoms with Crippen LogP contribution in [0.2, 0.25) is 5.02 Å². The normalized spacial score (nSPS) is 18.3. The monoisotopic (exact) mass is 326 g/mol. The number of nitrogens with zero attached hydrogens (tertiary/aromatic N) is 1. The molecule has 0 bridgehead atoms. The fourth-order valence-corrected chi connectivity index (χ4v) is 2.58. The lowest BCUT2D eigenvalue weighted by Gasteiger charge is -2.33. The van der Waals surface area contributed by atoms with Crippen LogP contribution in [0.3, 0.4) is 0 Å². The number of hydrogen-bond donors (Lipinski definition) is 1. The second kappa shape index (κ2) is 6.36. The van der Waals surface area contributed by atoms with Gasteiger partial charge in [0.05, 0.1) is 18.2 Å². The molecule has 1 N–H and O–H groups in total. The Balaban J connectivity index is 2.61. The number of carbonyl (C=O) groups excluding carboxylic acids is 2. The highest BCUT2D eigenvalue weighted by Crippen LogP contribution is 2.35. The molecule has 1 unspecified atom stereocenters. The van der Waals surface area contributed by atoms with Crippen molar-refractivity contribution in [1.29, 1.82) is 0 Å². The Kier molecular flexibility index (Phi) is 4.71. The van der Waals surface area contributed by atoms with Crippen LogP contribution in [0, 0.1) is 5.82 Å². The minimum absolute atomic E-state index is 0.0491. The maximum atomic E-state index is 14.2. The molecule has 0 saturated heterocycles. The Labute approximate surface area is 132 Å². The minimum atomic E-state index is -0.989. The van der Waals surface area contributed by atoms with Gasteiger partial charge in [-0.3, -0.25) is 0 Å². The number of allylic oxidation sites excluding steroid dienone is 1. The number of nitrogens with one attached hydrogen (secondary N) is 1. The molecule has 5 nitrogen and oxygen atoms in total. The molecule has 22 heavy (non-hydrogen) atoms. The number of halogens is 2. The van der Waals surface area contributed by atoms with Crippen molar-refractivity contribution in [2.75, 3.05) is 13.7 Å². The number of ether oxygens (including phenoxy) is 1. The van der Waals surface area contributed by atoms with Gasteiger partial charge in [-0.2, -0.15) is 0 Å². The molecule has 1 aromatic carbocycles. The fraction of sp³-hybridized carbons (Fsp3) is 0.333. The maximum absolute atomic E-state index is 14.2. The van der Waals surface area contributed by atoms with Gasteiger partial charge in [-0.15, -0.1) is 0 Å². The number of hydrogen-bond acceptors (Lipinski definition) is 3. The molecule has 2 rings (SSSR count). The van der Waals surface area contributed by atoms with Crippen molar-refractivity contribution in [3.05, 3.63) is 45.9 Å². The van der Waals surface area contributed by atoms with Crippen molar-refractivity contribution < 1.29 is 18.7 Å². The van der Waals surface area contributed by atoms with Crippen LogP contribution >= 0.6 is 11.6 Å². The largest absolute Gasteiger partial charge is 0.463 e. The molecular weight excluding hydrogens is 311 g/mol. The van der Waals surface area contributed by atoms with Gasteiger partial charge < -0.3 is 15.0 Å². The Hall–Kier alpha value is -2.08. The molecule has 118 valence electrons. The first-order valence-corrected chi connectivity index (χ1v) is 7.12. The summed E-state index contributed by atoms with van der Waals surface area (Å²) in [5.74, 6) is -1.21. The van der Waals surface area contributed by atoms with Gasteiger partial charge >= 0.3 is 12.0 Å². The van der Waals surface area contributed by atoms with E-state index >= 15 is 0 Å². The van der Waals surface area contributed by atoms with E-state index in [-0.39, 0.29) is 22.8 Å².